The van der Waals surface area contributed by atoms with Crippen molar-refractivity contribution in [1.82, 2.24) is 24.9 Å². The molecule has 2 atom stereocenters. The highest BCUT2D eigenvalue weighted by atomic mass is 19.1. The van der Waals surface area contributed by atoms with Gasteiger partial charge in [-0.05, 0) is 48.6 Å². The van der Waals surface area contributed by atoms with Crippen molar-refractivity contribution < 1.29 is 28.2 Å². The maximum atomic E-state index is 14.0. The van der Waals surface area contributed by atoms with E-state index in [9.17, 15) is 18.8 Å². The van der Waals surface area contributed by atoms with Crippen LogP contribution in [0.1, 0.15) is 24.0 Å². The molecule has 1 saturated carbocycles. The molecule has 2 aromatic carbocycles. The molecule has 39 heavy (non-hydrogen) atoms. The molecule has 4 heterocycles. The van der Waals surface area contributed by atoms with Gasteiger partial charge < -0.3 is 19.7 Å². The van der Waals surface area contributed by atoms with Gasteiger partial charge in [-0.3, -0.25) is 19.2 Å². The van der Waals surface area contributed by atoms with Crippen LogP contribution < -0.4 is 14.8 Å². The molecule has 0 bridgehead atoms. The van der Waals surface area contributed by atoms with Crippen LogP contribution in [0.3, 0.4) is 0 Å². The Labute approximate surface area is 223 Å². The van der Waals surface area contributed by atoms with Crippen LogP contribution >= 0.6 is 0 Å². The number of benzene rings is 2. The number of nitrogens with one attached hydrogen (secondary N) is 1. The van der Waals surface area contributed by atoms with Crippen molar-refractivity contribution >= 4 is 17.8 Å². The molecule has 1 spiro atoms. The van der Waals surface area contributed by atoms with Crippen LogP contribution in [0.15, 0.2) is 48.8 Å². The topological polar surface area (TPSA) is 106 Å². The van der Waals surface area contributed by atoms with Crippen LogP contribution in [0.4, 0.5) is 9.18 Å². The second-order valence-electron chi connectivity index (χ2n) is 10.6. The normalized spacial score (nSPS) is 23.7. The van der Waals surface area contributed by atoms with Crippen molar-refractivity contribution in [1.29, 1.82) is 0 Å². The monoisotopic (exact) mass is 531 g/mol. The molecule has 3 aromatic rings. The summed E-state index contributed by atoms with van der Waals surface area (Å²) in [5.74, 6) is -0.0377. The van der Waals surface area contributed by atoms with Crippen LogP contribution in [-0.2, 0) is 28.7 Å². The molecule has 4 aliphatic rings. The van der Waals surface area contributed by atoms with E-state index in [1.54, 1.807) is 27.9 Å². The minimum absolute atomic E-state index is 0.0665. The van der Waals surface area contributed by atoms with Gasteiger partial charge in [-0.2, -0.15) is 5.10 Å². The zero-order valence-electron chi connectivity index (χ0n) is 21.2. The molecule has 3 aliphatic heterocycles. The molecule has 200 valence electrons. The van der Waals surface area contributed by atoms with Gasteiger partial charge in [0.15, 0.2) is 5.54 Å². The fraction of sp³-hybridized carbons (Fsp3) is 0.357. The number of nitrogens with zero attached hydrogens (tertiary/aromatic N) is 4. The Morgan fingerprint density at radius 3 is 2.74 bits per heavy atom. The third kappa shape index (κ3) is 3.83. The summed E-state index contributed by atoms with van der Waals surface area (Å²) in [6, 6.07) is 8.84. The highest BCUT2D eigenvalue weighted by molar-refractivity contribution is 6.10. The number of carbonyl (C=O) groups is 3. The Hall–Kier alpha value is -4.41. The number of hydrogen-bond acceptors (Lipinski definition) is 6. The van der Waals surface area contributed by atoms with Gasteiger partial charge >= 0.3 is 6.03 Å². The summed E-state index contributed by atoms with van der Waals surface area (Å²) < 4.78 is 27.5. The Bertz CT molecular complexity index is 1530. The van der Waals surface area contributed by atoms with E-state index in [-0.39, 0.29) is 37.6 Å². The van der Waals surface area contributed by atoms with Crippen LogP contribution in [0, 0.1) is 11.7 Å². The number of fused-ring (bicyclic) bond motifs is 3. The SMILES string of the molecule is Cn1cc(-c2ccc3c(c2)OCC32NC(=O)N(CC(=O)N3Cc4cc(F)ccc4OC[C@H]3C3CC3)C2=O)cn1. The third-order valence-electron chi connectivity index (χ3n) is 8.05. The van der Waals surface area contributed by atoms with E-state index >= 15 is 0 Å². The van der Waals surface area contributed by atoms with E-state index < -0.39 is 29.8 Å². The standard InChI is InChI=1S/C28H26FN5O5/c1-32-11-19(10-30-32)17-4-6-21-24(9-17)39-15-28(21)26(36)34(27(37)31-28)13-25(35)33-12-18-8-20(29)5-7-23(18)38-14-22(33)16-2-3-16/h4-11,16,22H,2-3,12-15H2,1H3,(H,31,37)/t22-,28?/m0/s1. The quantitative estimate of drug-likeness (QED) is 0.519. The van der Waals surface area contributed by atoms with E-state index in [4.69, 9.17) is 9.47 Å². The lowest BCUT2D eigenvalue weighted by Gasteiger charge is -2.30. The first kappa shape index (κ1) is 23.7. The van der Waals surface area contributed by atoms with E-state index in [1.807, 2.05) is 25.4 Å². The fourth-order valence-electron chi connectivity index (χ4n) is 5.81. The summed E-state index contributed by atoms with van der Waals surface area (Å²) in [4.78, 5) is 43.0. The molecule has 1 unspecified atom stereocenters. The predicted molar refractivity (Wildman–Crippen MR) is 135 cm³/mol. The first-order valence-electron chi connectivity index (χ1n) is 12.9. The van der Waals surface area contributed by atoms with Crippen LogP contribution in [-0.4, -0.2) is 63.2 Å². The molecule has 11 heteroatoms. The molecule has 7 rings (SSSR count). The molecule has 2 fully saturated rings. The Kier molecular flexibility index (Phi) is 5.19. The number of hydrogen-bond donors (Lipinski definition) is 1. The lowest BCUT2D eigenvalue weighted by Crippen LogP contribution is -2.49. The highest BCUT2D eigenvalue weighted by Gasteiger charge is 2.58. The summed E-state index contributed by atoms with van der Waals surface area (Å²) in [5.41, 5.74) is 1.48. The lowest BCUT2D eigenvalue weighted by atomic mass is 9.90. The second kappa shape index (κ2) is 8.55. The number of rotatable bonds is 4. The van der Waals surface area contributed by atoms with Gasteiger partial charge in [0, 0.05) is 36.5 Å². The van der Waals surface area contributed by atoms with Crippen LogP contribution in [0.5, 0.6) is 11.5 Å². The van der Waals surface area contributed by atoms with Crippen molar-refractivity contribution in [2.75, 3.05) is 19.8 Å². The zero-order chi connectivity index (χ0) is 26.9. The van der Waals surface area contributed by atoms with Gasteiger partial charge in [0.2, 0.25) is 5.91 Å². The van der Waals surface area contributed by atoms with E-state index in [2.05, 4.69) is 10.4 Å². The van der Waals surface area contributed by atoms with Crippen LogP contribution in [0.25, 0.3) is 11.1 Å². The maximum Gasteiger partial charge on any atom is 0.325 e. The number of urea groups is 1. The number of halogens is 1. The molecule has 1 saturated heterocycles. The van der Waals surface area contributed by atoms with Gasteiger partial charge in [0.25, 0.3) is 5.91 Å². The number of carbonyl (C=O) groups excluding carboxylic acids is 3. The number of ether oxygens (including phenoxy) is 2. The Balaban J connectivity index is 1.14. The van der Waals surface area contributed by atoms with Crippen molar-refractivity contribution in [3.8, 4) is 22.6 Å². The van der Waals surface area contributed by atoms with Gasteiger partial charge in [-0.25, -0.2) is 9.18 Å². The van der Waals surface area contributed by atoms with Gasteiger partial charge in [0.1, 0.15) is 37.1 Å². The summed E-state index contributed by atoms with van der Waals surface area (Å²) in [7, 11) is 1.83. The molecule has 4 amide bonds. The molecule has 10 nitrogen and oxygen atoms in total. The first-order valence-corrected chi connectivity index (χ1v) is 12.9. The fourth-order valence-corrected chi connectivity index (χ4v) is 5.81. The van der Waals surface area contributed by atoms with Crippen molar-refractivity contribution in [3.05, 3.63) is 65.7 Å². The van der Waals surface area contributed by atoms with E-state index in [0.29, 0.717) is 22.6 Å². The minimum atomic E-state index is -1.40. The third-order valence-corrected chi connectivity index (χ3v) is 8.05. The molecule has 1 aliphatic carbocycles. The number of aromatic nitrogens is 2. The van der Waals surface area contributed by atoms with Crippen LogP contribution in [0.2, 0.25) is 0 Å². The summed E-state index contributed by atoms with van der Waals surface area (Å²) in [5, 5.41) is 6.98. The summed E-state index contributed by atoms with van der Waals surface area (Å²) in [6.45, 7) is -0.0725. The first-order chi connectivity index (χ1) is 18.8. The number of aryl methyl sites for hydroxylation is 1. The van der Waals surface area contributed by atoms with Crippen molar-refractivity contribution in [3.63, 3.8) is 0 Å². The molecule has 0 radical (unpaired) electrons. The smallest absolute Gasteiger partial charge is 0.325 e. The second-order valence-corrected chi connectivity index (χ2v) is 10.6. The average Bonchev–Trinajstić information content (AvgIpc) is 3.55. The van der Waals surface area contributed by atoms with Crippen molar-refractivity contribution in [2.45, 2.75) is 31.0 Å². The highest BCUT2D eigenvalue weighted by Crippen LogP contribution is 2.43. The van der Waals surface area contributed by atoms with Gasteiger partial charge in [-0.15, -0.1) is 0 Å². The number of imide groups is 1. The zero-order valence-corrected chi connectivity index (χ0v) is 21.2. The van der Waals surface area contributed by atoms with E-state index in [1.165, 1.54) is 12.1 Å². The lowest BCUT2D eigenvalue weighted by molar-refractivity contribution is -0.141. The van der Waals surface area contributed by atoms with E-state index in [0.717, 1.165) is 28.9 Å². The Morgan fingerprint density at radius 2 is 1.97 bits per heavy atom. The average molecular weight is 532 g/mol. The summed E-state index contributed by atoms with van der Waals surface area (Å²) in [6.07, 6.45) is 5.53. The molecule has 1 N–H and O–H groups in total. The van der Waals surface area contributed by atoms with Crippen molar-refractivity contribution in [2.24, 2.45) is 13.0 Å². The Morgan fingerprint density at radius 1 is 1.13 bits per heavy atom. The molecular weight excluding hydrogens is 505 g/mol. The van der Waals surface area contributed by atoms with Gasteiger partial charge in [-0.1, -0.05) is 12.1 Å². The predicted octanol–water partition coefficient (Wildman–Crippen LogP) is 2.57. The maximum absolute atomic E-state index is 14.0. The largest absolute Gasteiger partial charge is 0.491 e. The number of amides is 4. The summed E-state index contributed by atoms with van der Waals surface area (Å²) >= 11 is 0. The molecular formula is C28H26FN5O5. The minimum Gasteiger partial charge on any atom is -0.491 e. The molecule has 1 aromatic heterocycles. The van der Waals surface area contributed by atoms with Gasteiger partial charge in [0.05, 0.1) is 12.2 Å².